The van der Waals surface area contributed by atoms with E-state index in [4.69, 9.17) is 21.1 Å². The fraction of sp³-hybridized carbons (Fsp3) is 0.167. The molecule has 0 spiro atoms. The Bertz CT molecular complexity index is 1490. The second-order valence-electron chi connectivity index (χ2n) is 8.85. The number of methoxy groups -OCH3 is 2. The Morgan fingerprint density at radius 3 is 1.85 bits per heavy atom. The van der Waals surface area contributed by atoms with Crippen molar-refractivity contribution in [3.63, 3.8) is 0 Å². The van der Waals surface area contributed by atoms with Crippen LogP contribution in [0.25, 0.3) is 0 Å². The summed E-state index contributed by atoms with van der Waals surface area (Å²) in [7, 11) is -0.929. The summed E-state index contributed by atoms with van der Waals surface area (Å²) in [6.07, 6.45) is 1.10. The van der Waals surface area contributed by atoms with Gasteiger partial charge >= 0.3 is 0 Å². The van der Waals surface area contributed by atoms with Gasteiger partial charge < -0.3 is 14.8 Å². The molecule has 0 aliphatic rings. The Balaban J connectivity index is 1.83. The van der Waals surface area contributed by atoms with E-state index in [1.54, 1.807) is 24.3 Å². The predicted octanol–water partition coefficient (Wildman–Crippen LogP) is 5.84. The highest BCUT2D eigenvalue weighted by Gasteiger charge is 2.28. The van der Waals surface area contributed by atoms with Gasteiger partial charge in [0.05, 0.1) is 44.3 Å². The first-order chi connectivity index (χ1) is 18.7. The van der Waals surface area contributed by atoms with Crippen LogP contribution < -0.4 is 19.1 Å². The number of ether oxygens (including phenoxy) is 2. The second-order valence-corrected chi connectivity index (χ2v) is 11.2. The molecule has 9 heteroatoms. The maximum atomic E-state index is 14.0. The van der Waals surface area contributed by atoms with Crippen LogP contribution in [0.3, 0.4) is 0 Å². The number of nitrogens with one attached hydrogen (secondary N) is 1. The zero-order valence-corrected chi connectivity index (χ0v) is 23.4. The van der Waals surface area contributed by atoms with E-state index in [0.29, 0.717) is 16.3 Å². The van der Waals surface area contributed by atoms with Crippen molar-refractivity contribution in [2.45, 2.75) is 12.6 Å². The summed E-state index contributed by atoms with van der Waals surface area (Å²) in [5.41, 5.74) is 2.71. The normalized spacial score (nSPS) is 11.2. The van der Waals surface area contributed by atoms with Gasteiger partial charge in [-0.25, -0.2) is 8.42 Å². The molecule has 0 bridgehead atoms. The molecule has 4 aromatic rings. The van der Waals surface area contributed by atoms with Gasteiger partial charge in [-0.2, -0.15) is 0 Å². The van der Waals surface area contributed by atoms with Crippen LogP contribution in [0.2, 0.25) is 5.02 Å². The fourth-order valence-corrected chi connectivity index (χ4v) is 5.27. The molecule has 0 unspecified atom stereocenters. The van der Waals surface area contributed by atoms with Gasteiger partial charge in [0, 0.05) is 11.1 Å². The molecule has 0 aliphatic carbocycles. The lowest BCUT2D eigenvalue weighted by Gasteiger charge is -2.27. The third-order valence-electron chi connectivity index (χ3n) is 6.20. The quantitative estimate of drug-likeness (QED) is 0.261. The molecule has 202 valence electrons. The van der Waals surface area contributed by atoms with Crippen molar-refractivity contribution < 1.29 is 22.7 Å². The van der Waals surface area contributed by atoms with Crippen LogP contribution in [-0.4, -0.2) is 34.8 Å². The van der Waals surface area contributed by atoms with Gasteiger partial charge in [0.2, 0.25) is 10.0 Å². The van der Waals surface area contributed by atoms with E-state index in [1.165, 1.54) is 30.7 Å². The molecule has 0 saturated heterocycles. The van der Waals surface area contributed by atoms with Crippen molar-refractivity contribution in [1.29, 1.82) is 0 Å². The third kappa shape index (κ3) is 6.71. The van der Waals surface area contributed by atoms with Crippen molar-refractivity contribution in [1.82, 2.24) is 5.32 Å². The zero-order valence-electron chi connectivity index (χ0n) is 21.8. The molecular weight excluding hydrogens is 536 g/mol. The Morgan fingerprint density at radius 2 is 1.36 bits per heavy atom. The minimum atomic E-state index is -3.84. The van der Waals surface area contributed by atoms with Gasteiger partial charge in [-0.3, -0.25) is 9.10 Å². The van der Waals surface area contributed by atoms with Crippen LogP contribution >= 0.6 is 11.6 Å². The molecule has 0 atom stereocenters. The molecule has 4 aromatic carbocycles. The molecule has 4 rings (SSSR count). The molecule has 0 saturated carbocycles. The topological polar surface area (TPSA) is 84.9 Å². The van der Waals surface area contributed by atoms with Crippen LogP contribution in [-0.2, 0) is 16.6 Å². The van der Waals surface area contributed by atoms with Crippen molar-refractivity contribution in [2.24, 2.45) is 0 Å². The van der Waals surface area contributed by atoms with E-state index >= 15 is 0 Å². The number of hydrogen-bond acceptors (Lipinski definition) is 5. The summed E-state index contributed by atoms with van der Waals surface area (Å²) in [6.45, 7) is -0.0213. The van der Waals surface area contributed by atoms with Crippen LogP contribution in [0, 0.1) is 0 Å². The maximum Gasteiger partial charge on any atom is 0.254 e. The first kappa shape index (κ1) is 28.0. The van der Waals surface area contributed by atoms with Crippen LogP contribution in [0.4, 0.5) is 5.69 Å². The summed E-state index contributed by atoms with van der Waals surface area (Å²) in [4.78, 5) is 14.0. The fourth-order valence-electron chi connectivity index (χ4n) is 4.25. The smallest absolute Gasteiger partial charge is 0.254 e. The van der Waals surface area contributed by atoms with E-state index < -0.39 is 22.0 Å². The molecule has 7 nitrogen and oxygen atoms in total. The number of sulfonamides is 1. The Morgan fingerprint density at radius 1 is 0.846 bits per heavy atom. The zero-order chi connectivity index (χ0) is 28.0. The lowest BCUT2D eigenvalue weighted by Crippen LogP contribution is -2.34. The minimum absolute atomic E-state index is 0.0213. The van der Waals surface area contributed by atoms with E-state index in [2.05, 4.69) is 5.32 Å². The number of amides is 1. The number of halogens is 1. The van der Waals surface area contributed by atoms with Gasteiger partial charge in [-0.05, 0) is 34.9 Å². The largest absolute Gasteiger partial charge is 0.493 e. The van der Waals surface area contributed by atoms with Gasteiger partial charge in [-0.1, -0.05) is 84.4 Å². The Kier molecular flexibility index (Phi) is 8.79. The average molecular weight is 565 g/mol. The van der Waals surface area contributed by atoms with Crippen LogP contribution in [0.1, 0.15) is 33.1 Å². The number of benzene rings is 4. The molecule has 0 radical (unpaired) electrons. The first-order valence-electron chi connectivity index (χ1n) is 12.1. The van der Waals surface area contributed by atoms with E-state index in [-0.39, 0.29) is 23.5 Å². The average Bonchev–Trinajstić information content (AvgIpc) is 2.95. The molecule has 1 N–H and O–H groups in total. The summed E-state index contributed by atoms with van der Waals surface area (Å²) < 4.78 is 38.3. The lowest BCUT2D eigenvalue weighted by atomic mass is 9.98. The molecule has 0 aliphatic heterocycles. The minimum Gasteiger partial charge on any atom is -0.493 e. The molecule has 1 amide bonds. The second kappa shape index (κ2) is 12.2. The summed E-state index contributed by atoms with van der Waals surface area (Å²) in [6, 6.07) is 28.5. The van der Waals surface area contributed by atoms with Gasteiger partial charge in [-0.15, -0.1) is 0 Å². The van der Waals surface area contributed by atoms with Gasteiger partial charge in [0.1, 0.15) is 0 Å². The Labute approximate surface area is 234 Å². The van der Waals surface area contributed by atoms with Crippen molar-refractivity contribution in [3.05, 3.63) is 124 Å². The molecular formula is C30H29ClN2O5S. The van der Waals surface area contributed by atoms with E-state index in [1.807, 2.05) is 60.7 Å². The monoisotopic (exact) mass is 564 g/mol. The summed E-state index contributed by atoms with van der Waals surface area (Å²) in [5.74, 6) is 0.104. The molecule has 0 heterocycles. The summed E-state index contributed by atoms with van der Waals surface area (Å²) in [5, 5.41) is 3.63. The number of anilines is 1. The Hall–Kier alpha value is -4.01. The first-order valence-corrected chi connectivity index (χ1v) is 14.3. The van der Waals surface area contributed by atoms with Crippen molar-refractivity contribution >= 4 is 33.2 Å². The maximum absolute atomic E-state index is 14.0. The number of nitrogens with zero attached hydrogens (tertiary/aromatic N) is 1. The number of rotatable bonds is 10. The third-order valence-corrected chi connectivity index (χ3v) is 7.57. The van der Waals surface area contributed by atoms with Gasteiger partial charge in [0.25, 0.3) is 5.91 Å². The summed E-state index contributed by atoms with van der Waals surface area (Å²) >= 11 is 6.03. The van der Waals surface area contributed by atoms with E-state index in [0.717, 1.165) is 17.4 Å². The standard InChI is InChI=1S/C30H29ClN2O5S/c1-37-27-18-25(30(34)32-29(22-10-6-4-7-11-22)23-12-8-5-9-13-23)26(19-28(27)38-2)33(39(3,35)36)20-21-14-16-24(31)17-15-21/h4-19,29H,20H2,1-3H3,(H,32,34). The SMILES string of the molecule is COc1cc(C(=O)NC(c2ccccc2)c2ccccc2)c(N(Cc2ccc(Cl)cc2)S(C)(=O)=O)cc1OC. The number of carbonyl (C=O) groups excluding carboxylic acids is 1. The van der Waals surface area contributed by atoms with Crippen molar-refractivity contribution in [2.75, 3.05) is 24.8 Å². The predicted molar refractivity (Wildman–Crippen MR) is 154 cm³/mol. The van der Waals surface area contributed by atoms with Crippen molar-refractivity contribution in [3.8, 4) is 11.5 Å². The number of carbonyl (C=O) groups is 1. The van der Waals surface area contributed by atoms with Crippen LogP contribution in [0.5, 0.6) is 11.5 Å². The van der Waals surface area contributed by atoms with Gasteiger partial charge in [0.15, 0.2) is 11.5 Å². The van der Waals surface area contributed by atoms with Crippen LogP contribution in [0.15, 0.2) is 97.1 Å². The molecule has 0 aromatic heterocycles. The lowest BCUT2D eigenvalue weighted by molar-refractivity contribution is 0.0943. The number of hydrogen-bond donors (Lipinski definition) is 1. The highest BCUT2D eigenvalue weighted by Crippen LogP contribution is 2.37. The molecule has 39 heavy (non-hydrogen) atoms. The highest BCUT2D eigenvalue weighted by atomic mass is 35.5. The van der Waals surface area contributed by atoms with E-state index in [9.17, 15) is 13.2 Å². The molecule has 0 fully saturated rings. The highest BCUT2D eigenvalue weighted by molar-refractivity contribution is 7.92.